The van der Waals surface area contributed by atoms with Gasteiger partial charge in [-0.05, 0) is 76.0 Å². The van der Waals surface area contributed by atoms with E-state index in [4.69, 9.17) is 40.8 Å². The molecule has 0 fully saturated rings. The number of nitrogens with one attached hydrogen (secondary N) is 4. The average Bonchev–Trinajstić information content (AvgIpc) is 4.41. The van der Waals surface area contributed by atoms with E-state index in [1.807, 2.05) is 103 Å². The average molecular weight is 1050 g/mol. The molecule has 0 saturated carbocycles. The third kappa shape index (κ3) is 12.1. The fourth-order valence-corrected chi connectivity index (χ4v) is 9.95. The summed E-state index contributed by atoms with van der Waals surface area (Å²) in [5.41, 5.74) is 14.1. The van der Waals surface area contributed by atoms with Crippen LogP contribution >= 0.6 is 0 Å². The molecule has 2 aromatic carbocycles. The van der Waals surface area contributed by atoms with Gasteiger partial charge in [-0.3, -0.25) is 28.7 Å². The fourth-order valence-electron chi connectivity index (χ4n) is 9.95. The number of likely N-dealkylation sites (N-methyl/N-ethyl adjacent to an activating group) is 2. The van der Waals surface area contributed by atoms with Crippen molar-refractivity contribution in [3.05, 3.63) is 119 Å². The predicted molar refractivity (Wildman–Crippen MR) is 307 cm³/mol. The van der Waals surface area contributed by atoms with Crippen LogP contribution in [0.15, 0.2) is 95.4 Å². The summed E-state index contributed by atoms with van der Waals surface area (Å²) in [6, 6.07) is 20.5. The Morgan fingerprint density at radius 3 is 1.62 bits per heavy atom. The number of anilines is 4. The lowest BCUT2D eigenvalue weighted by Gasteiger charge is -2.17. The zero-order valence-corrected chi connectivity index (χ0v) is 45.3. The number of nitrogens with zero attached hydrogens (tertiary/aromatic N) is 16. The molecular weight excluding hydrogens is 981 g/mol. The van der Waals surface area contributed by atoms with Crippen molar-refractivity contribution in [2.75, 3.05) is 77.7 Å². The molecule has 0 saturated heterocycles. The van der Waals surface area contributed by atoms with E-state index >= 15 is 0 Å². The van der Waals surface area contributed by atoms with Crippen LogP contribution < -0.4 is 10.6 Å². The molecule has 6 aromatic heterocycles. The summed E-state index contributed by atoms with van der Waals surface area (Å²) in [5, 5.41) is 42.0. The molecule has 2 atom stereocenters. The molecule has 8 aromatic rings. The van der Waals surface area contributed by atoms with Gasteiger partial charge in [-0.1, -0.05) is 48.5 Å². The molecule has 402 valence electrons. The zero-order chi connectivity index (χ0) is 54.1. The van der Waals surface area contributed by atoms with Crippen molar-refractivity contribution >= 4 is 48.4 Å². The molecular formula is C57H68N20O. The minimum absolute atomic E-state index is 0.161. The first-order valence-electron chi connectivity index (χ1n) is 26.6. The van der Waals surface area contributed by atoms with Crippen molar-refractivity contribution in [2.45, 2.75) is 57.5 Å². The van der Waals surface area contributed by atoms with Gasteiger partial charge in [-0.2, -0.15) is 20.4 Å². The molecule has 2 unspecified atom stereocenters. The highest BCUT2D eigenvalue weighted by Gasteiger charge is 2.29. The first-order valence-corrected chi connectivity index (χ1v) is 26.6. The summed E-state index contributed by atoms with van der Waals surface area (Å²) in [5.74, 6) is 1.91. The predicted octanol–water partition coefficient (Wildman–Crippen LogP) is 7.32. The van der Waals surface area contributed by atoms with Crippen LogP contribution in [0.4, 0.5) is 23.5 Å². The summed E-state index contributed by atoms with van der Waals surface area (Å²) in [6.07, 6.45) is 17.5. The third-order valence-corrected chi connectivity index (χ3v) is 14.1. The number of aliphatic imine (C=N–C) groups is 2. The standard InChI is InChI=1S/C57H68N20O/c1-7-60-34-44(32-58)38-8-12-40(13-9-38)54-50-46(68-74(54)5)18-17-43-37-63-57(67-53(43)50)65-49-21-24-77(71-49)28-26-73(4)29-31-78-30-22-61-35-45(33-59)39-10-14-41(15-11-39)55-51-47(69-75(55)6)19-16-42-36-62-56(66-52(42)51)64-48-20-23-76(70-48)27-25-72(2)3/h8-15,20-21,23-24,32-37,44-45,58-59H,7,16-19,22,25-31H2,1-6H3,(H,62,64,66,70)(H,63,65,67,71). The van der Waals surface area contributed by atoms with Gasteiger partial charge < -0.3 is 36.0 Å². The number of ether oxygens (including phenoxy) is 1. The Bertz CT molecular complexity index is 3420. The molecule has 21 nitrogen and oxygen atoms in total. The van der Waals surface area contributed by atoms with E-state index in [0.717, 1.165) is 131 Å². The van der Waals surface area contributed by atoms with Gasteiger partial charge in [-0.15, -0.1) is 0 Å². The van der Waals surface area contributed by atoms with Crippen molar-refractivity contribution in [3.63, 3.8) is 0 Å². The maximum absolute atomic E-state index is 8.21. The van der Waals surface area contributed by atoms with Gasteiger partial charge >= 0.3 is 0 Å². The molecule has 78 heavy (non-hydrogen) atoms. The molecule has 2 aliphatic rings. The first kappa shape index (κ1) is 53.0. The number of hydrogen-bond acceptors (Lipinski definition) is 17. The van der Waals surface area contributed by atoms with Crippen molar-refractivity contribution < 1.29 is 4.74 Å². The van der Waals surface area contributed by atoms with Crippen molar-refractivity contribution in [3.8, 4) is 45.0 Å². The van der Waals surface area contributed by atoms with Gasteiger partial charge in [0, 0.05) is 124 Å². The Morgan fingerprint density at radius 2 is 1.13 bits per heavy atom. The fraction of sp³-hybridized carbons (Fsp3) is 0.368. The van der Waals surface area contributed by atoms with Crippen LogP contribution in [0.2, 0.25) is 0 Å². The summed E-state index contributed by atoms with van der Waals surface area (Å²) >= 11 is 0. The highest BCUT2D eigenvalue weighted by atomic mass is 16.5. The van der Waals surface area contributed by atoms with Crippen LogP contribution in [0, 0.1) is 10.8 Å². The van der Waals surface area contributed by atoms with Crippen LogP contribution in [-0.4, -0.2) is 161 Å². The monoisotopic (exact) mass is 1050 g/mol. The van der Waals surface area contributed by atoms with Gasteiger partial charge in [0.2, 0.25) is 11.9 Å². The molecule has 0 radical (unpaired) electrons. The minimum Gasteiger partial charge on any atom is -0.378 e. The topological polar surface area (TPSA) is 235 Å². The van der Waals surface area contributed by atoms with Crippen LogP contribution in [0.1, 0.15) is 52.4 Å². The minimum atomic E-state index is -0.264. The summed E-state index contributed by atoms with van der Waals surface area (Å²) < 4.78 is 13.7. The number of fused-ring (bicyclic) bond motifs is 6. The Hall–Kier alpha value is -8.40. The highest BCUT2D eigenvalue weighted by molar-refractivity contribution is 5.91. The van der Waals surface area contributed by atoms with Gasteiger partial charge in [-0.25, -0.2) is 19.9 Å². The third-order valence-electron chi connectivity index (χ3n) is 14.1. The van der Waals surface area contributed by atoms with Crippen molar-refractivity contribution in [1.29, 1.82) is 10.8 Å². The van der Waals surface area contributed by atoms with Crippen molar-refractivity contribution in [1.82, 2.24) is 68.9 Å². The van der Waals surface area contributed by atoms with Crippen LogP contribution in [0.5, 0.6) is 0 Å². The van der Waals surface area contributed by atoms with Crippen LogP contribution in [-0.2, 0) is 57.6 Å². The lowest BCUT2D eigenvalue weighted by atomic mass is 9.91. The second-order valence-corrected chi connectivity index (χ2v) is 20.0. The normalized spacial score (nSPS) is 13.7. The van der Waals surface area contributed by atoms with E-state index in [-0.39, 0.29) is 11.8 Å². The van der Waals surface area contributed by atoms with Crippen LogP contribution in [0.25, 0.3) is 45.0 Å². The Labute approximate surface area is 454 Å². The van der Waals surface area contributed by atoms with Gasteiger partial charge in [0.05, 0.1) is 78.8 Å². The Kier molecular flexibility index (Phi) is 16.5. The molecule has 10 rings (SSSR count). The lowest BCUT2D eigenvalue weighted by Crippen LogP contribution is -2.27. The second-order valence-electron chi connectivity index (χ2n) is 20.0. The van der Waals surface area contributed by atoms with Crippen LogP contribution in [0.3, 0.4) is 0 Å². The first-order chi connectivity index (χ1) is 38.0. The summed E-state index contributed by atoms with van der Waals surface area (Å²) in [4.78, 5) is 32.7. The molecule has 0 bridgehead atoms. The number of hydrogen-bond donors (Lipinski definition) is 4. The molecule has 0 amide bonds. The molecule has 6 heterocycles. The largest absolute Gasteiger partial charge is 0.378 e. The highest BCUT2D eigenvalue weighted by Crippen LogP contribution is 2.41. The molecule has 21 heteroatoms. The number of aryl methyl sites for hydroxylation is 6. The van der Waals surface area contributed by atoms with Gasteiger partial charge in [0.15, 0.2) is 11.6 Å². The molecule has 2 aliphatic carbocycles. The molecule has 4 N–H and O–H groups in total. The quantitative estimate of drug-likeness (QED) is 0.0325. The second kappa shape index (κ2) is 24.3. The number of benzene rings is 2. The van der Waals surface area contributed by atoms with E-state index in [0.29, 0.717) is 56.4 Å². The van der Waals surface area contributed by atoms with E-state index in [1.165, 1.54) is 12.4 Å². The van der Waals surface area contributed by atoms with E-state index in [2.05, 4.69) is 101 Å². The van der Waals surface area contributed by atoms with E-state index in [9.17, 15) is 0 Å². The van der Waals surface area contributed by atoms with Gasteiger partial charge in [0.25, 0.3) is 0 Å². The number of aromatic nitrogens is 12. The zero-order valence-electron chi connectivity index (χ0n) is 45.3. The van der Waals surface area contributed by atoms with Gasteiger partial charge in [0.1, 0.15) is 0 Å². The van der Waals surface area contributed by atoms with E-state index in [1.54, 1.807) is 0 Å². The maximum Gasteiger partial charge on any atom is 0.228 e. The Balaban J connectivity index is 0.678. The molecule has 0 aliphatic heterocycles. The van der Waals surface area contributed by atoms with Crippen molar-refractivity contribution in [2.24, 2.45) is 24.1 Å². The number of rotatable bonds is 25. The van der Waals surface area contributed by atoms with E-state index < -0.39 is 0 Å². The molecule has 0 spiro atoms. The Morgan fingerprint density at radius 1 is 0.628 bits per heavy atom. The summed E-state index contributed by atoms with van der Waals surface area (Å²) in [7, 11) is 10.1. The lowest BCUT2D eigenvalue weighted by molar-refractivity contribution is 0.116. The maximum atomic E-state index is 8.21. The smallest absolute Gasteiger partial charge is 0.228 e. The summed E-state index contributed by atoms with van der Waals surface area (Å²) in [6.45, 7) is 8.17. The SMILES string of the molecule is CCN=CC(C=N)c1ccc(-c2c3c(nn2C)CCc2cnc(Nc4ccn(CCN(C)CCOCCN=CC(C=N)c5ccc(-c6c7c(nn6C)CCc6cnc(Nc8ccn(CCN(C)C)n8)nc6-7)cc5)n4)nc2-3)cc1.